The minimum absolute atomic E-state index is 0. The highest BCUT2D eigenvalue weighted by Gasteiger charge is 2.52. The van der Waals surface area contributed by atoms with Crippen LogP contribution in [0.5, 0.6) is 0 Å². The molecule has 0 spiro atoms. The number of hydrogen-bond acceptors (Lipinski definition) is 16. The molecule has 0 aliphatic carbocycles. The maximum absolute atomic E-state index is 12.9. The Morgan fingerprint density at radius 2 is 1.13 bits per heavy atom. The van der Waals surface area contributed by atoms with Gasteiger partial charge in [-0.15, -0.1) is 0 Å². The number of aliphatic hydroxyl groups excluding tert-OH is 1. The molecule has 2 fully saturated rings. The molecule has 9 rings (SSSR count). The second kappa shape index (κ2) is 26.7. The molecular formula is C56H78IN13O7Si2. The van der Waals surface area contributed by atoms with Crippen LogP contribution in [0.15, 0.2) is 121 Å². The highest BCUT2D eigenvalue weighted by molar-refractivity contribution is 14.1. The van der Waals surface area contributed by atoms with Gasteiger partial charge in [-0.05, 0) is 79.6 Å². The predicted octanol–water partition coefficient (Wildman–Crippen LogP) is 10.1. The van der Waals surface area contributed by atoms with Crippen LogP contribution >= 0.6 is 22.9 Å². The Kier molecular flexibility index (Phi) is 20.6. The van der Waals surface area contributed by atoms with Crippen LogP contribution in [0, 0.1) is 0 Å². The Hall–Kier alpha value is -5.75. The van der Waals surface area contributed by atoms with Crippen molar-refractivity contribution in [2.24, 2.45) is 10.7 Å². The Morgan fingerprint density at radius 1 is 0.722 bits per heavy atom. The normalized spacial score (nSPS) is 21.7. The first-order valence-corrected chi connectivity index (χ1v) is 32.7. The molecule has 2 saturated heterocycles. The van der Waals surface area contributed by atoms with E-state index in [0.29, 0.717) is 45.1 Å². The van der Waals surface area contributed by atoms with Gasteiger partial charge in [0, 0.05) is 40.2 Å². The summed E-state index contributed by atoms with van der Waals surface area (Å²) in [5, 5.41) is 15.5. The third-order valence-electron chi connectivity index (χ3n) is 14.8. The quantitative estimate of drug-likeness (QED) is 0.0294. The van der Waals surface area contributed by atoms with Gasteiger partial charge in [0.05, 0.1) is 31.4 Å². The summed E-state index contributed by atoms with van der Waals surface area (Å²) < 4.78 is 37.8. The van der Waals surface area contributed by atoms with Gasteiger partial charge in [0.1, 0.15) is 38.4 Å². The summed E-state index contributed by atoms with van der Waals surface area (Å²) in [7, 11) is -2.79. The number of rotatable bonds is 14. The minimum atomic E-state index is -2.23. The number of nitrogens with one attached hydrogen (secondary N) is 3. The van der Waals surface area contributed by atoms with Gasteiger partial charge in [-0.2, -0.15) is 0 Å². The van der Waals surface area contributed by atoms with Crippen LogP contribution in [-0.2, 0) is 18.3 Å². The summed E-state index contributed by atoms with van der Waals surface area (Å²) in [6, 6.07) is 27.2. The summed E-state index contributed by atoms with van der Waals surface area (Å²) in [6.07, 6.45) is 5.98. The number of carbonyl (C=O) groups is 2. The van der Waals surface area contributed by atoms with Crippen molar-refractivity contribution >= 4 is 91.5 Å². The number of ether oxygens (including phenoxy) is 2. The van der Waals surface area contributed by atoms with Crippen LogP contribution in [0.3, 0.4) is 0 Å². The first kappa shape index (κ1) is 60.9. The summed E-state index contributed by atoms with van der Waals surface area (Å²) in [6.45, 7) is 23.8. The number of carbonyl (C=O) groups excluding carboxylic acids is 2. The summed E-state index contributed by atoms with van der Waals surface area (Å²) in [4.78, 5) is 57.2. The van der Waals surface area contributed by atoms with Gasteiger partial charge in [-0.3, -0.25) is 27.2 Å². The molecule has 2 aliphatic rings. The molecule has 3 aromatic carbocycles. The Balaban J connectivity index is 0.000000243. The van der Waals surface area contributed by atoms with E-state index in [9.17, 15) is 14.7 Å². The number of hydrogen-bond donors (Lipinski definition) is 5. The Morgan fingerprint density at radius 3 is 1.54 bits per heavy atom. The largest absolute Gasteiger partial charge is 0.408 e. The van der Waals surface area contributed by atoms with Gasteiger partial charge in [0.25, 0.3) is 11.8 Å². The first-order chi connectivity index (χ1) is 37.3. The van der Waals surface area contributed by atoms with E-state index in [4.69, 9.17) is 30.5 Å². The highest BCUT2D eigenvalue weighted by atomic mass is 127. The fourth-order valence-electron chi connectivity index (χ4n) is 8.40. The number of benzene rings is 3. The molecule has 2 amide bonds. The zero-order valence-electron chi connectivity index (χ0n) is 47.4. The van der Waals surface area contributed by atoms with Crippen LogP contribution < -0.4 is 19.9 Å². The van der Waals surface area contributed by atoms with Crippen LogP contribution in [0.2, 0.25) is 37.7 Å². The van der Waals surface area contributed by atoms with Crippen molar-refractivity contribution in [2.45, 2.75) is 148 Å². The van der Waals surface area contributed by atoms with E-state index < -0.39 is 47.3 Å². The van der Waals surface area contributed by atoms with Crippen molar-refractivity contribution in [3.63, 3.8) is 0 Å². The number of fused-ring (bicyclic) bond motifs is 2. The summed E-state index contributed by atoms with van der Waals surface area (Å²) in [5.74, 6) is 0.0696. The predicted molar refractivity (Wildman–Crippen MR) is 324 cm³/mol. The van der Waals surface area contributed by atoms with Crippen molar-refractivity contribution in [3.8, 4) is 0 Å². The molecule has 23 heteroatoms. The number of nitrogens with two attached hydrogens (primary N) is 1. The number of anilines is 2. The molecule has 0 bridgehead atoms. The number of nitrogens with zero attached hydrogens (tertiary/aromatic N) is 9. The second-order valence-corrected chi connectivity index (χ2v) is 32.5. The summed E-state index contributed by atoms with van der Waals surface area (Å²) >= 11 is 1.84. The second-order valence-electron chi connectivity index (χ2n) is 22.1. The lowest BCUT2D eigenvalue weighted by molar-refractivity contribution is -0.0462. The number of imidazole rings is 2. The van der Waals surface area contributed by atoms with Crippen molar-refractivity contribution in [1.82, 2.24) is 42.6 Å². The van der Waals surface area contributed by atoms with Gasteiger partial charge in [-0.1, -0.05) is 123 Å². The molecule has 2 aliphatic heterocycles. The van der Waals surface area contributed by atoms with E-state index in [0.717, 1.165) is 12.0 Å². The first-order valence-electron chi connectivity index (χ1n) is 26.4. The van der Waals surface area contributed by atoms with E-state index in [1.54, 1.807) is 60.7 Å². The molecule has 7 aromatic rings. The van der Waals surface area contributed by atoms with Gasteiger partial charge in [0.15, 0.2) is 63.1 Å². The summed E-state index contributed by atoms with van der Waals surface area (Å²) in [5.41, 5.74) is 10.5. The van der Waals surface area contributed by atoms with Crippen LogP contribution in [-0.4, -0.2) is 129 Å². The van der Waals surface area contributed by atoms with Crippen LogP contribution in [0.1, 0.15) is 101 Å². The monoisotopic (exact) mass is 1230 g/mol. The van der Waals surface area contributed by atoms with E-state index in [1.165, 1.54) is 16.2 Å². The van der Waals surface area contributed by atoms with Crippen molar-refractivity contribution in [3.05, 3.63) is 133 Å². The highest BCUT2D eigenvalue weighted by Crippen LogP contribution is 2.45. The fourth-order valence-corrected chi connectivity index (χ4v) is 11.0. The molecule has 6 N–H and O–H groups in total. The zero-order valence-corrected chi connectivity index (χ0v) is 50.6. The molecule has 6 heterocycles. The average Bonchev–Trinajstić information content (AvgIpc) is 4.21. The lowest BCUT2D eigenvalue weighted by atomic mass is 10.1. The third-order valence-corrected chi connectivity index (χ3v) is 23.7. The molecule has 8 atom stereocenters. The molecule has 20 nitrogen and oxygen atoms in total. The lowest BCUT2D eigenvalue weighted by Gasteiger charge is -2.40. The van der Waals surface area contributed by atoms with Gasteiger partial charge >= 0.3 is 0 Å². The maximum atomic E-state index is 12.9. The van der Waals surface area contributed by atoms with Crippen LogP contribution in [0.4, 0.5) is 11.6 Å². The SMILES string of the molecule is C.CC(C)(C)[Si](C)(C)O[C@@H]1[C@H](N)[C@@H](CO)O[C@H]1n1cnc2c(NC(=O)c3ccccc3)ncnc21.CC[C@H]1O[C@@H](n2cnc3c(NC(=O)c4ccccc4)ncnc32)[C@H](O[Si](C)(C)C(C)(C)C)[C@@H]1N=Cc1ccccc1.[3H]N(C)I. The van der Waals surface area contributed by atoms with Gasteiger partial charge < -0.3 is 39.8 Å². The van der Waals surface area contributed by atoms with Crippen molar-refractivity contribution in [2.75, 3.05) is 24.3 Å². The molecule has 79 heavy (non-hydrogen) atoms. The molecule has 0 saturated carbocycles. The Bertz CT molecular complexity index is 3160. The van der Waals surface area contributed by atoms with E-state index in [2.05, 4.69) is 115 Å². The van der Waals surface area contributed by atoms with Crippen molar-refractivity contribution in [1.29, 1.82) is 0 Å². The molecule has 4 aromatic heterocycles. The number of aliphatic imine (C=N–C) groups is 1. The molecule has 424 valence electrons. The fraction of sp³-hybridized carbons (Fsp3) is 0.446. The lowest BCUT2D eigenvalue weighted by Crippen LogP contribution is -2.51. The molecular weight excluding hydrogens is 1150 g/mol. The number of amides is 2. The smallest absolute Gasteiger partial charge is 0.256 e. The Labute approximate surface area is 481 Å². The number of halogens is 1. The number of aliphatic hydroxyl groups is 1. The van der Waals surface area contributed by atoms with Gasteiger partial charge in [-0.25, -0.2) is 29.9 Å². The molecule has 0 unspecified atom stereocenters. The molecule has 0 radical (unpaired) electrons. The minimum Gasteiger partial charge on any atom is -0.408 e. The van der Waals surface area contributed by atoms with E-state index >= 15 is 0 Å². The number of aromatic nitrogens is 8. The van der Waals surface area contributed by atoms with Crippen LogP contribution in [0.25, 0.3) is 22.3 Å². The van der Waals surface area contributed by atoms with Crippen molar-refractivity contribution < 1.29 is 34.4 Å². The topological polar surface area (TPSA) is 253 Å². The van der Waals surface area contributed by atoms with E-state index in [1.807, 2.05) is 88.2 Å². The van der Waals surface area contributed by atoms with Gasteiger partial charge in [0.2, 0.25) is 0 Å². The average molecular weight is 1230 g/mol. The maximum Gasteiger partial charge on any atom is 0.256 e. The standard InChI is InChI=1S/C31H38N6O3Si.C23H32N6O4Si.CH4IN.CH4/c1-7-23-24(32-18-21-14-10-8-11-15-21)26(40-41(5,6)31(2,3)4)30(39-23)37-20-35-25-27(33-19-34-28(25)37)36-29(38)22-16-12-9-13-17-22;1-23(2,3)34(4,5)33-18-16(24)15(11-30)32-22(18)29-13-27-17-19(25-12-26-20(17)29)28-21(31)14-9-7-6-8-10-14;1-3-2;/h8-20,23-24,26,30H,7H2,1-6H3,(H,33,34,36,38);6-10,12-13,15-16,18,22,30H,11,24H2,1-5H3,(H,25,26,28,31);3H,1H3;1H4/t23-,24-,26-,30-;15-,16-,18-,22-;;/m11../s1/i/hT. The van der Waals surface area contributed by atoms with E-state index in [-0.39, 0.29) is 54.2 Å². The third kappa shape index (κ3) is 14.4. The zero-order chi connectivity index (χ0) is 57.5.